The molecule has 0 spiro atoms. The monoisotopic (exact) mass is 345 g/mol. The number of halogens is 1. The summed E-state index contributed by atoms with van der Waals surface area (Å²) in [6.07, 6.45) is 3.17. The molecule has 0 saturated heterocycles. The molecule has 0 aliphatic carbocycles. The van der Waals surface area contributed by atoms with Crippen LogP contribution < -0.4 is 14.8 Å². The molecular formula is C16H12BrNO3. The molecule has 0 unspecified atom stereocenters. The molecule has 0 radical (unpaired) electrons. The number of nitrogens with one attached hydrogen (secondary N) is 1. The highest BCUT2D eigenvalue weighted by molar-refractivity contribution is 9.10. The summed E-state index contributed by atoms with van der Waals surface area (Å²) in [5, 5.41) is 2.79. The molecule has 1 amide bonds. The van der Waals surface area contributed by atoms with Gasteiger partial charge in [0.2, 0.25) is 12.7 Å². The molecule has 2 aromatic rings. The Morgan fingerprint density at radius 2 is 1.95 bits per heavy atom. The van der Waals surface area contributed by atoms with Crippen LogP contribution in [-0.4, -0.2) is 12.7 Å². The first-order chi connectivity index (χ1) is 10.2. The second-order valence-corrected chi connectivity index (χ2v) is 5.24. The average molecular weight is 346 g/mol. The van der Waals surface area contributed by atoms with Crippen molar-refractivity contribution in [1.82, 2.24) is 0 Å². The number of carbonyl (C=O) groups is 1. The van der Waals surface area contributed by atoms with E-state index in [1.165, 1.54) is 6.08 Å². The molecule has 1 heterocycles. The van der Waals surface area contributed by atoms with Crippen molar-refractivity contribution in [2.24, 2.45) is 0 Å². The largest absolute Gasteiger partial charge is 0.454 e. The molecule has 5 heteroatoms. The Hall–Kier alpha value is -2.27. The molecule has 0 saturated carbocycles. The van der Waals surface area contributed by atoms with Gasteiger partial charge in [0.05, 0.1) is 0 Å². The first-order valence-electron chi connectivity index (χ1n) is 6.36. The Morgan fingerprint density at radius 1 is 1.14 bits per heavy atom. The summed E-state index contributed by atoms with van der Waals surface area (Å²) < 4.78 is 11.6. The lowest BCUT2D eigenvalue weighted by molar-refractivity contribution is -0.111. The van der Waals surface area contributed by atoms with Gasteiger partial charge in [-0.25, -0.2) is 0 Å². The van der Waals surface area contributed by atoms with Crippen molar-refractivity contribution in [3.05, 3.63) is 58.6 Å². The third-order valence-corrected chi connectivity index (χ3v) is 3.66. The Morgan fingerprint density at radius 3 is 2.76 bits per heavy atom. The van der Waals surface area contributed by atoms with E-state index in [1.54, 1.807) is 6.08 Å². The maximum atomic E-state index is 11.9. The third kappa shape index (κ3) is 3.08. The Balaban J connectivity index is 1.78. The molecule has 3 rings (SSSR count). The summed E-state index contributed by atoms with van der Waals surface area (Å²) >= 11 is 3.45. The van der Waals surface area contributed by atoms with Crippen molar-refractivity contribution in [2.75, 3.05) is 12.1 Å². The highest BCUT2D eigenvalue weighted by atomic mass is 79.9. The van der Waals surface area contributed by atoms with Gasteiger partial charge in [-0.05, 0) is 30.3 Å². The molecule has 0 aromatic heterocycles. The van der Waals surface area contributed by atoms with Crippen LogP contribution in [0.4, 0.5) is 5.69 Å². The molecule has 1 N–H and O–H groups in total. The topological polar surface area (TPSA) is 47.6 Å². The summed E-state index contributed by atoms with van der Waals surface area (Å²) in [6, 6.07) is 13.0. The highest BCUT2D eigenvalue weighted by Crippen LogP contribution is 2.40. The van der Waals surface area contributed by atoms with Gasteiger partial charge in [-0.15, -0.1) is 0 Å². The quantitative estimate of drug-likeness (QED) is 0.860. The minimum atomic E-state index is -0.204. The smallest absolute Gasteiger partial charge is 0.248 e. The van der Waals surface area contributed by atoms with Gasteiger partial charge >= 0.3 is 0 Å². The van der Waals surface area contributed by atoms with Crippen LogP contribution in [0.5, 0.6) is 11.5 Å². The number of fused-ring (bicyclic) bond motifs is 1. The number of carbonyl (C=O) groups excluding carboxylic acids is 1. The van der Waals surface area contributed by atoms with Crippen molar-refractivity contribution in [3.8, 4) is 11.5 Å². The molecule has 0 bridgehead atoms. The predicted molar refractivity (Wildman–Crippen MR) is 84.4 cm³/mol. The number of para-hydroxylation sites is 1. The van der Waals surface area contributed by atoms with E-state index in [0.717, 1.165) is 15.7 Å². The van der Waals surface area contributed by atoms with Gasteiger partial charge in [-0.3, -0.25) is 4.79 Å². The first kappa shape index (κ1) is 13.7. The van der Waals surface area contributed by atoms with Crippen LogP contribution in [0.15, 0.2) is 53.0 Å². The minimum absolute atomic E-state index is 0.197. The molecule has 21 heavy (non-hydrogen) atoms. The van der Waals surface area contributed by atoms with Crippen molar-refractivity contribution < 1.29 is 14.3 Å². The van der Waals surface area contributed by atoms with Gasteiger partial charge in [0, 0.05) is 21.8 Å². The maximum absolute atomic E-state index is 11.9. The van der Waals surface area contributed by atoms with E-state index in [4.69, 9.17) is 9.47 Å². The van der Waals surface area contributed by atoms with E-state index in [2.05, 4.69) is 21.2 Å². The van der Waals surface area contributed by atoms with Crippen LogP contribution in [-0.2, 0) is 4.79 Å². The van der Waals surface area contributed by atoms with Crippen LogP contribution in [0.3, 0.4) is 0 Å². The van der Waals surface area contributed by atoms with Crippen LogP contribution in [0.25, 0.3) is 6.08 Å². The lowest BCUT2D eigenvalue weighted by atomic mass is 10.1. The summed E-state index contributed by atoms with van der Waals surface area (Å²) in [7, 11) is 0. The second-order valence-electron chi connectivity index (χ2n) is 4.38. The molecule has 0 atom stereocenters. The third-order valence-electron chi connectivity index (χ3n) is 2.97. The van der Waals surface area contributed by atoms with E-state index in [9.17, 15) is 4.79 Å². The molecule has 106 valence electrons. The van der Waals surface area contributed by atoms with Gasteiger partial charge in [-0.2, -0.15) is 0 Å². The SMILES string of the molecule is O=C(/C=C/c1c(Br)ccc2c1OCO2)Nc1ccccc1. The summed E-state index contributed by atoms with van der Waals surface area (Å²) in [5.41, 5.74) is 1.54. The lowest BCUT2D eigenvalue weighted by Gasteiger charge is -2.04. The van der Waals surface area contributed by atoms with Crippen molar-refractivity contribution in [3.63, 3.8) is 0 Å². The number of ether oxygens (including phenoxy) is 2. The van der Waals surface area contributed by atoms with Crippen LogP contribution in [0.1, 0.15) is 5.56 Å². The van der Waals surface area contributed by atoms with Gasteiger partial charge in [0.15, 0.2) is 11.5 Å². The predicted octanol–water partition coefficient (Wildman–Crippen LogP) is 3.83. The summed E-state index contributed by atoms with van der Waals surface area (Å²) in [6.45, 7) is 0.197. The molecular weight excluding hydrogens is 334 g/mol. The number of anilines is 1. The van der Waals surface area contributed by atoms with Crippen LogP contribution in [0, 0.1) is 0 Å². The zero-order valence-corrected chi connectivity index (χ0v) is 12.6. The zero-order chi connectivity index (χ0) is 14.7. The average Bonchev–Trinajstić information content (AvgIpc) is 2.96. The van der Waals surface area contributed by atoms with Gasteiger partial charge in [0.1, 0.15) is 0 Å². The van der Waals surface area contributed by atoms with Crippen molar-refractivity contribution in [2.45, 2.75) is 0 Å². The van der Waals surface area contributed by atoms with Gasteiger partial charge in [0.25, 0.3) is 0 Å². The maximum Gasteiger partial charge on any atom is 0.248 e. The van der Waals surface area contributed by atoms with Crippen molar-refractivity contribution >= 4 is 33.6 Å². The Kier molecular flexibility index (Phi) is 3.92. The summed E-state index contributed by atoms with van der Waals surface area (Å²) in [5.74, 6) is 1.12. The molecule has 2 aromatic carbocycles. The summed E-state index contributed by atoms with van der Waals surface area (Å²) in [4.78, 5) is 11.9. The number of rotatable bonds is 3. The second kappa shape index (κ2) is 6.01. The number of amides is 1. The standard InChI is InChI=1S/C16H12BrNO3/c17-13-7-8-14-16(21-10-20-14)12(13)6-9-15(19)18-11-4-2-1-3-5-11/h1-9H,10H2,(H,18,19)/b9-6+. The van der Waals surface area contributed by atoms with Gasteiger partial charge < -0.3 is 14.8 Å². The van der Waals surface area contributed by atoms with E-state index < -0.39 is 0 Å². The van der Waals surface area contributed by atoms with Crippen molar-refractivity contribution in [1.29, 1.82) is 0 Å². The Bertz CT molecular complexity index is 698. The molecule has 0 fully saturated rings. The van der Waals surface area contributed by atoms with E-state index in [1.807, 2.05) is 42.5 Å². The fraction of sp³-hybridized carbons (Fsp3) is 0.0625. The zero-order valence-electron chi connectivity index (χ0n) is 11.0. The minimum Gasteiger partial charge on any atom is -0.454 e. The van der Waals surface area contributed by atoms with Crippen LogP contribution in [0.2, 0.25) is 0 Å². The van der Waals surface area contributed by atoms with Crippen LogP contribution >= 0.6 is 15.9 Å². The fourth-order valence-corrected chi connectivity index (χ4v) is 2.43. The first-order valence-corrected chi connectivity index (χ1v) is 7.15. The number of hydrogen-bond donors (Lipinski definition) is 1. The lowest BCUT2D eigenvalue weighted by Crippen LogP contribution is -2.07. The molecule has 1 aliphatic heterocycles. The number of hydrogen-bond acceptors (Lipinski definition) is 3. The molecule has 1 aliphatic rings. The number of benzene rings is 2. The highest BCUT2D eigenvalue weighted by Gasteiger charge is 2.18. The van der Waals surface area contributed by atoms with E-state index in [0.29, 0.717) is 11.5 Å². The Labute approximate surface area is 130 Å². The van der Waals surface area contributed by atoms with Gasteiger partial charge in [-0.1, -0.05) is 34.1 Å². The van der Waals surface area contributed by atoms with E-state index in [-0.39, 0.29) is 12.7 Å². The van der Waals surface area contributed by atoms with E-state index >= 15 is 0 Å². The molecule has 4 nitrogen and oxygen atoms in total. The normalized spacial score (nSPS) is 12.6. The fourth-order valence-electron chi connectivity index (χ4n) is 1.99.